The summed E-state index contributed by atoms with van der Waals surface area (Å²) in [4.78, 5) is 30.8. The van der Waals surface area contributed by atoms with Crippen LogP contribution in [0.1, 0.15) is 27.4 Å². The van der Waals surface area contributed by atoms with Gasteiger partial charge in [0, 0.05) is 42.4 Å². The number of pyridine rings is 1. The van der Waals surface area contributed by atoms with Crippen molar-refractivity contribution in [2.24, 2.45) is 0 Å². The van der Waals surface area contributed by atoms with E-state index in [2.05, 4.69) is 10.3 Å². The average Bonchev–Trinajstić information content (AvgIpc) is 3.26. The Hall–Kier alpha value is -4.43. The van der Waals surface area contributed by atoms with E-state index in [1.165, 1.54) is 0 Å². The Morgan fingerprint density at radius 2 is 1.59 bits per heavy atom. The number of carbonyl (C=O) groups excluding carboxylic acids is 2. The molecule has 2 aromatic heterocycles. The molecule has 4 aromatic rings. The fourth-order valence-electron chi connectivity index (χ4n) is 4.34. The summed E-state index contributed by atoms with van der Waals surface area (Å²) >= 11 is 0. The number of carbonyl (C=O) groups is 2. The molecular weight excluding hydrogens is 494 g/mol. The lowest BCUT2D eigenvalue weighted by atomic mass is 10.0. The third-order valence-electron chi connectivity index (χ3n) is 6.12. The van der Waals surface area contributed by atoms with E-state index in [4.69, 9.17) is 14.2 Å². The molecule has 8 nitrogen and oxygen atoms in total. The molecule has 0 saturated carbocycles. The van der Waals surface area contributed by atoms with E-state index >= 15 is 0 Å². The molecule has 8 heteroatoms. The number of nitrogens with one attached hydrogen (secondary N) is 1. The summed E-state index contributed by atoms with van der Waals surface area (Å²) < 4.78 is 18.5. The molecule has 0 unspecified atom stereocenters. The number of Topliss-reactive ketones (excluding diaryl/α,β-unsaturated/α-hetero) is 1. The lowest BCUT2D eigenvalue weighted by molar-refractivity contribution is -0.112. The zero-order valence-electron chi connectivity index (χ0n) is 22.7. The fourth-order valence-corrected chi connectivity index (χ4v) is 4.34. The van der Waals surface area contributed by atoms with Gasteiger partial charge in [-0.25, -0.2) is 4.98 Å². The molecule has 0 spiro atoms. The molecule has 0 saturated heterocycles. The van der Waals surface area contributed by atoms with Gasteiger partial charge >= 0.3 is 0 Å². The molecule has 0 fully saturated rings. The maximum absolute atomic E-state index is 13.4. The summed E-state index contributed by atoms with van der Waals surface area (Å²) in [7, 11) is 1.60. The third kappa shape index (κ3) is 7.12. The number of ketones is 1. The van der Waals surface area contributed by atoms with E-state index in [0.29, 0.717) is 54.9 Å². The van der Waals surface area contributed by atoms with Crippen molar-refractivity contribution >= 4 is 17.4 Å². The van der Waals surface area contributed by atoms with Crippen LogP contribution in [-0.4, -0.2) is 48.2 Å². The molecule has 2 heterocycles. The van der Waals surface area contributed by atoms with Crippen molar-refractivity contribution < 1.29 is 23.8 Å². The lowest BCUT2D eigenvalue weighted by Gasteiger charge is -2.13. The number of ether oxygens (including phenoxy) is 3. The van der Waals surface area contributed by atoms with Crippen LogP contribution in [0.5, 0.6) is 11.6 Å². The summed E-state index contributed by atoms with van der Waals surface area (Å²) in [6, 6.07) is 22.2. The van der Waals surface area contributed by atoms with E-state index in [9.17, 15) is 9.59 Å². The van der Waals surface area contributed by atoms with E-state index < -0.39 is 11.7 Å². The molecule has 0 bridgehead atoms. The first-order chi connectivity index (χ1) is 18.9. The highest BCUT2D eigenvalue weighted by Crippen LogP contribution is 2.28. The smallest absolute Gasteiger partial charge is 0.298 e. The van der Waals surface area contributed by atoms with Crippen LogP contribution >= 0.6 is 0 Å². The molecule has 1 N–H and O–H groups in total. The second-order valence-electron chi connectivity index (χ2n) is 9.19. The molecule has 0 aliphatic rings. The van der Waals surface area contributed by atoms with Crippen molar-refractivity contribution in [3.8, 4) is 22.8 Å². The van der Waals surface area contributed by atoms with Gasteiger partial charge < -0.3 is 24.1 Å². The van der Waals surface area contributed by atoms with Crippen molar-refractivity contribution in [3.05, 3.63) is 95.4 Å². The van der Waals surface area contributed by atoms with Gasteiger partial charge in [0.15, 0.2) is 0 Å². The Labute approximate surface area is 228 Å². The Bertz CT molecular complexity index is 1410. The predicted octanol–water partition coefficient (Wildman–Crippen LogP) is 5.40. The Morgan fingerprint density at radius 1 is 0.872 bits per heavy atom. The van der Waals surface area contributed by atoms with Crippen molar-refractivity contribution in [1.29, 1.82) is 0 Å². The number of nitrogens with zero attached hydrogens (tertiary/aromatic N) is 2. The summed E-state index contributed by atoms with van der Waals surface area (Å²) in [5, 5.41) is 2.72. The lowest BCUT2D eigenvalue weighted by Crippen LogP contribution is -2.26. The molecule has 4 rings (SSSR count). The standard InChI is InChI=1S/C31H33N3O5/c1-21-18-22(2)32-28(19-21)39-17-16-38-26-12-10-25(11-13-26)33-31(36)30(35)29-27(24-8-6-5-7-9-24)20-23(3)34(29)14-15-37-4/h5-13,18-20H,14-17H2,1-4H3,(H,33,36). The van der Waals surface area contributed by atoms with E-state index in [-0.39, 0.29) is 0 Å². The molecule has 0 radical (unpaired) electrons. The van der Waals surface area contributed by atoms with Gasteiger partial charge in [0.05, 0.1) is 6.61 Å². The van der Waals surface area contributed by atoms with E-state index in [0.717, 1.165) is 22.5 Å². The second kappa shape index (κ2) is 12.9. The number of aryl methyl sites for hydroxylation is 3. The van der Waals surface area contributed by atoms with Crippen LogP contribution in [0.2, 0.25) is 0 Å². The molecule has 39 heavy (non-hydrogen) atoms. The minimum Gasteiger partial charge on any atom is -0.490 e. The van der Waals surface area contributed by atoms with Crippen molar-refractivity contribution in [1.82, 2.24) is 9.55 Å². The topological polar surface area (TPSA) is 91.7 Å². The first-order valence-electron chi connectivity index (χ1n) is 12.8. The number of rotatable bonds is 12. The van der Waals surface area contributed by atoms with Crippen LogP contribution in [0.25, 0.3) is 11.1 Å². The summed E-state index contributed by atoms with van der Waals surface area (Å²) in [5.41, 5.74) is 5.27. The zero-order valence-corrected chi connectivity index (χ0v) is 22.7. The number of hydrogen-bond acceptors (Lipinski definition) is 6. The number of amides is 1. The zero-order chi connectivity index (χ0) is 27.8. The van der Waals surface area contributed by atoms with Gasteiger partial charge in [-0.1, -0.05) is 30.3 Å². The van der Waals surface area contributed by atoms with Crippen molar-refractivity contribution in [3.63, 3.8) is 0 Å². The van der Waals surface area contributed by atoms with Gasteiger partial charge in [-0.2, -0.15) is 0 Å². The van der Waals surface area contributed by atoms with E-state index in [1.54, 1.807) is 31.4 Å². The van der Waals surface area contributed by atoms with Crippen molar-refractivity contribution in [2.45, 2.75) is 27.3 Å². The van der Waals surface area contributed by atoms with E-state index in [1.807, 2.05) is 73.9 Å². The van der Waals surface area contributed by atoms with Crippen LogP contribution in [-0.2, 0) is 16.1 Å². The molecular formula is C31H33N3O5. The highest BCUT2D eigenvalue weighted by atomic mass is 16.5. The molecule has 202 valence electrons. The number of benzene rings is 2. The normalized spacial score (nSPS) is 10.8. The Balaban J connectivity index is 1.39. The van der Waals surface area contributed by atoms with Crippen LogP contribution in [0.3, 0.4) is 0 Å². The highest BCUT2D eigenvalue weighted by molar-refractivity contribution is 6.47. The van der Waals surface area contributed by atoms with Gasteiger partial charge in [-0.15, -0.1) is 0 Å². The predicted molar refractivity (Wildman–Crippen MR) is 151 cm³/mol. The number of anilines is 1. The maximum Gasteiger partial charge on any atom is 0.298 e. The number of methoxy groups -OCH3 is 1. The monoisotopic (exact) mass is 527 g/mol. The molecule has 0 atom stereocenters. The molecule has 0 aliphatic carbocycles. The second-order valence-corrected chi connectivity index (χ2v) is 9.19. The van der Waals surface area contributed by atoms with Crippen molar-refractivity contribution in [2.75, 3.05) is 32.2 Å². The quantitative estimate of drug-likeness (QED) is 0.151. The minimum atomic E-state index is -0.716. The average molecular weight is 528 g/mol. The minimum absolute atomic E-state index is 0.332. The Kier molecular flexibility index (Phi) is 9.12. The number of aromatic nitrogens is 2. The fraction of sp³-hybridized carbons (Fsp3) is 0.258. The Morgan fingerprint density at radius 3 is 2.28 bits per heavy atom. The van der Waals surface area contributed by atoms with Gasteiger partial charge in [-0.05, 0) is 68.3 Å². The highest BCUT2D eigenvalue weighted by Gasteiger charge is 2.26. The summed E-state index contributed by atoms with van der Waals surface area (Å²) in [6.45, 7) is 7.38. The van der Waals surface area contributed by atoms with Crippen LogP contribution in [0, 0.1) is 20.8 Å². The molecule has 2 aromatic carbocycles. The van der Waals surface area contributed by atoms with Gasteiger partial charge in [0.2, 0.25) is 5.88 Å². The maximum atomic E-state index is 13.4. The van der Waals surface area contributed by atoms with Gasteiger partial charge in [-0.3, -0.25) is 9.59 Å². The summed E-state index contributed by atoms with van der Waals surface area (Å²) in [6.07, 6.45) is 0. The molecule has 1 amide bonds. The number of hydrogen-bond donors (Lipinski definition) is 1. The molecule has 0 aliphatic heterocycles. The first-order valence-corrected chi connectivity index (χ1v) is 12.8. The van der Waals surface area contributed by atoms with Crippen LogP contribution in [0.15, 0.2) is 72.8 Å². The van der Waals surface area contributed by atoms with Crippen LogP contribution in [0.4, 0.5) is 5.69 Å². The van der Waals surface area contributed by atoms with Gasteiger partial charge in [0.1, 0.15) is 24.7 Å². The first kappa shape index (κ1) is 27.6. The SMILES string of the molecule is COCCn1c(C)cc(-c2ccccc2)c1C(=O)C(=O)Nc1ccc(OCCOc2cc(C)cc(C)n2)cc1. The van der Waals surface area contributed by atoms with Gasteiger partial charge in [0.25, 0.3) is 11.7 Å². The third-order valence-corrected chi connectivity index (χ3v) is 6.12. The summed E-state index contributed by atoms with van der Waals surface area (Å²) in [5.74, 6) is -0.146. The van der Waals surface area contributed by atoms with Crippen LogP contribution < -0.4 is 14.8 Å². The largest absolute Gasteiger partial charge is 0.490 e.